The van der Waals surface area contributed by atoms with Crippen molar-refractivity contribution >= 4 is 22.7 Å². The van der Waals surface area contributed by atoms with Gasteiger partial charge in [-0.3, -0.25) is 0 Å². The molecule has 0 aliphatic heterocycles. The lowest BCUT2D eigenvalue weighted by molar-refractivity contribution is 0.653. The lowest BCUT2D eigenvalue weighted by Crippen LogP contribution is -1.89. The molecule has 0 unspecified atom stereocenters. The molecule has 0 N–H and O–H groups in total. The molecule has 0 saturated heterocycles. The molecule has 3 heteroatoms. The van der Waals surface area contributed by atoms with Gasteiger partial charge in [0.2, 0.25) is 0 Å². The van der Waals surface area contributed by atoms with E-state index in [1.54, 1.807) is 11.3 Å². The standard InChI is InChI=1S/C11H13NS2/c1-8(2)6-9-7-12-11(14-9)10-4-3-5-13-10/h3-5,7-8H,6H2,1-2H3. The van der Waals surface area contributed by atoms with E-state index >= 15 is 0 Å². The van der Waals surface area contributed by atoms with Crippen molar-refractivity contribution in [2.24, 2.45) is 5.92 Å². The molecule has 0 spiro atoms. The zero-order chi connectivity index (χ0) is 9.97. The molecule has 0 amide bonds. The Morgan fingerprint density at radius 1 is 1.43 bits per heavy atom. The first-order chi connectivity index (χ1) is 6.75. The van der Waals surface area contributed by atoms with Gasteiger partial charge in [-0.05, 0) is 23.8 Å². The molecule has 0 saturated carbocycles. The maximum absolute atomic E-state index is 4.44. The van der Waals surface area contributed by atoms with Gasteiger partial charge >= 0.3 is 0 Å². The molecule has 2 rings (SSSR count). The van der Waals surface area contributed by atoms with E-state index in [-0.39, 0.29) is 0 Å². The first kappa shape index (κ1) is 9.87. The fraction of sp³-hybridized carbons (Fsp3) is 0.364. The molecule has 14 heavy (non-hydrogen) atoms. The van der Waals surface area contributed by atoms with Crippen LogP contribution in [0.2, 0.25) is 0 Å². The molecule has 74 valence electrons. The van der Waals surface area contributed by atoms with E-state index in [4.69, 9.17) is 0 Å². The maximum atomic E-state index is 4.44. The van der Waals surface area contributed by atoms with Crippen molar-refractivity contribution < 1.29 is 0 Å². The summed E-state index contributed by atoms with van der Waals surface area (Å²) in [6.07, 6.45) is 3.16. The van der Waals surface area contributed by atoms with E-state index in [0.717, 1.165) is 11.4 Å². The van der Waals surface area contributed by atoms with E-state index in [0.29, 0.717) is 5.92 Å². The minimum atomic E-state index is 0.714. The summed E-state index contributed by atoms with van der Waals surface area (Å²) < 4.78 is 0. The van der Waals surface area contributed by atoms with Crippen molar-refractivity contribution in [1.82, 2.24) is 4.98 Å². The summed E-state index contributed by atoms with van der Waals surface area (Å²) in [5.41, 5.74) is 0. The molecule has 0 atom stereocenters. The molecule has 2 aromatic heterocycles. The molecule has 2 heterocycles. The van der Waals surface area contributed by atoms with Crippen LogP contribution in [0.4, 0.5) is 0 Å². The predicted molar refractivity (Wildman–Crippen MR) is 64.0 cm³/mol. The predicted octanol–water partition coefficient (Wildman–Crippen LogP) is 4.07. The number of nitrogens with zero attached hydrogens (tertiary/aromatic N) is 1. The average molecular weight is 223 g/mol. The van der Waals surface area contributed by atoms with E-state index in [9.17, 15) is 0 Å². The highest BCUT2D eigenvalue weighted by Crippen LogP contribution is 2.29. The van der Waals surface area contributed by atoms with Crippen LogP contribution in [0.15, 0.2) is 23.7 Å². The number of rotatable bonds is 3. The highest BCUT2D eigenvalue weighted by molar-refractivity contribution is 7.20. The summed E-state index contributed by atoms with van der Waals surface area (Å²) in [5.74, 6) is 0.714. The Kier molecular flexibility index (Phi) is 2.99. The fourth-order valence-electron chi connectivity index (χ4n) is 1.32. The van der Waals surface area contributed by atoms with Gasteiger partial charge in [-0.15, -0.1) is 22.7 Å². The first-order valence-electron chi connectivity index (χ1n) is 4.74. The van der Waals surface area contributed by atoms with Gasteiger partial charge in [-0.25, -0.2) is 4.98 Å². The lowest BCUT2D eigenvalue weighted by Gasteiger charge is -1.98. The molecule has 2 aromatic rings. The van der Waals surface area contributed by atoms with Crippen LogP contribution in [0.25, 0.3) is 9.88 Å². The number of aromatic nitrogens is 1. The van der Waals surface area contributed by atoms with Crippen LogP contribution in [0.5, 0.6) is 0 Å². The Bertz CT molecular complexity index is 387. The van der Waals surface area contributed by atoms with Crippen LogP contribution >= 0.6 is 22.7 Å². The molecule has 0 fully saturated rings. The highest BCUT2D eigenvalue weighted by atomic mass is 32.1. The summed E-state index contributed by atoms with van der Waals surface area (Å²) in [6.45, 7) is 4.48. The maximum Gasteiger partial charge on any atom is 0.133 e. The van der Waals surface area contributed by atoms with Crippen LogP contribution < -0.4 is 0 Å². The van der Waals surface area contributed by atoms with Crippen LogP contribution in [0.3, 0.4) is 0 Å². The third-order valence-electron chi connectivity index (χ3n) is 1.89. The van der Waals surface area contributed by atoms with Gasteiger partial charge in [0.1, 0.15) is 5.01 Å². The van der Waals surface area contributed by atoms with Crippen LogP contribution in [0.1, 0.15) is 18.7 Å². The number of hydrogen-bond donors (Lipinski definition) is 0. The minimum absolute atomic E-state index is 0.714. The first-order valence-corrected chi connectivity index (χ1v) is 6.44. The Balaban J connectivity index is 2.18. The van der Waals surface area contributed by atoms with E-state index in [2.05, 4.69) is 36.3 Å². The zero-order valence-corrected chi connectivity index (χ0v) is 9.99. The number of thiophene rings is 1. The quantitative estimate of drug-likeness (QED) is 0.764. The minimum Gasteiger partial charge on any atom is -0.243 e. The van der Waals surface area contributed by atoms with Gasteiger partial charge in [0, 0.05) is 11.1 Å². The Labute approximate surface area is 92.4 Å². The normalized spacial score (nSPS) is 11.1. The van der Waals surface area contributed by atoms with Crippen molar-refractivity contribution in [1.29, 1.82) is 0 Å². The van der Waals surface area contributed by atoms with Crippen molar-refractivity contribution in [2.75, 3.05) is 0 Å². The van der Waals surface area contributed by atoms with Crippen molar-refractivity contribution in [3.63, 3.8) is 0 Å². The Hall–Kier alpha value is -0.670. The summed E-state index contributed by atoms with van der Waals surface area (Å²) in [7, 11) is 0. The third-order valence-corrected chi connectivity index (χ3v) is 3.95. The van der Waals surface area contributed by atoms with Gasteiger partial charge in [0.05, 0.1) is 4.88 Å². The van der Waals surface area contributed by atoms with Crippen molar-refractivity contribution in [2.45, 2.75) is 20.3 Å². The zero-order valence-electron chi connectivity index (χ0n) is 8.36. The largest absolute Gasteiger partial charge is 0.243 e. The van der Waals surface area contributed by atoms with Crippen molar-refractivity contribution in [3.05, 3.63) is 28.6 Å². The SMILES string of the molecule is CC(C)Cc1cnc(-c2cccs2)s1. The third kappa shape index (κ3) is 2.22. The number of thiazole rings is 1. The molecule has 1 nitrogen and oxygen atoms in total. The second-order valence-corrected chi connectivity index (χ2v) is 5.77. The van der Waals surface area contributed by atoms with E-state index in [1.165, 1.54) is 9.75 Å². The van der Waals surface area contributed by atoms with Gasteiger partial charge in [-0.1, -0.05) is 19.9 Å². The topological polar surface area (TPSA) is 12.9 Å². The second-order valence-electron chi connectivity index (χ2n) is 3.71. The molecule has 0 aromatic carbocycles. The lowest BCUT2D eigenvalue weighted by atomic mass is 10.1. The molecular weight excluding hydrogens is 210 g/mol. The van der Waals surface area contributed by atoms with Crippen LogP contribution in [0, 0.1) is 5.92 Å². The van der Waals surface area contributed by atoms with Crippen molar-refractivity contribution in [3.8, 4) is 9.88 Å². The van der Waals surface area contributed by atoms with Gasteiger partial charge in [0.25, 0.3) is 0 Å². The van der Waals surface area contributed by atoms with E-state index < -0.39 is 0 Å². The summed E-state index contributed by atoms with van der Waals surface area (Å²) in [4.78, 5) is 7.12. The summed E-state index contributed by atoms with van der Waals surface area (Å²) >= 11 is 3.57. The second kappa shape index (κ2) is 4.24. The van der Waals surface area contributed by atoms with E-state index in [1.807, 2.05) is 17.5 Å². The fourth-order valence-corrected chi connectivity index (χ4v) is 3.25. The van der Waals surface area contributed by atoms with Crippen LogP contribution in [-0.4, -0.2) is 4.98 Å². The molecule has 0 aliphatic rings. The molecule has 0 radical (unpaired) electrons. The molecule has 0 bridgehead atoms. The average Bonchev–Trinajstić information content (AvgIpc) is 2.69. The summed E-state index contributed by atoms with van der Waals surface area (Å²) in [5, 5.41) is 3.26. The Morgan fingerprint density at radius 3 is 2.93 bits per heavy atom. The van der Waals surface area contributed by atoms with Gasteiger partial charge in [0.15, 0.2) is 0 Å². The highest BCUT2D eigenvalue weighted by Gasteiger charge is 2.06. The smallest absolute Gasteiger partial charge is 0.133 e. The summed E-state index contributed by atoms with van der Waals surface area (Å²) in [6, 6.07) is 4.20. The monoisotopic (exact) mass is 223 g/mol. The molecular formula is C11H13NS2. The van der Waals surface area contributed by atoms with Gasteiger partial charge in [-0.2, -0.15) is 0 Å². The molecule has 0 aliphatic carbocycles. The Morgan fingerprint density at radius 2 is 2.29 bits per heavy atom. The number of hydrogen-bond acceptors (Lipinski definition) is 3. The van der Waals surface area contributed by atoms with Gasteiger partial charge < -0.3 is 0 Å². The van der Waals surface area contributed by atoms with Crippen LogP contribution in [-0.2, 0) is 6.42 Å².